The Balaban J connectivity index is 0.00000144. The van der Waals surface area contributed by atoms with E-state index in [1.54, 1.807) is 24.3 Å². The van der Waals surface area contributed by atoms with Crippen LogP contribution in [0.15, 0.2) is 24.3 Å². The van der Waals surface area contributed by atoms with Crippen molar-refractivity contribution in [3.05, 3.63) is 35.4 Å². The first-order valence-electron chi connectivity index (χ1n) is 5.04. The van der Waals surface area contributed by atoms with E-state index in [4.69, 9.17) is 5.11 Å². The average Bonchev–Trinajstić information content (AvgIpc) is 3.08. The maximum absolute atomic E-state index is 11.2. The van der Waals surface area contributed by atoms with Crippen LogP contribution in [0.25, 0.3) is 0 Å². The van der Waals surface area contributed by atoms with Gasteiger partial charge in [-0.3, -0.25) is 4.79 Å². The zero-order valence-electron chi connectivity index (χ0n) is 8.84. The number of esters is 1. The maximum Gasteiger partial charge on any atom is 0.337 e. The van der Waals surface area contributed by atoms with Crippen LogP contribution in [-0.2, 0) is 9.53 Å². The molecule has 1 saturated carbocycles. The van der Waals surface area contributed by atoms with Crippen LogP contribution < -0.4 is 0 Å². The van der Waals surface area contributed by atoms with Gasteiger partial charge in [-0.1, -0.05) is 19.6 Å². The number of carbonyl (C=O) groups excluding carboxylic acids is 1. The fourth-order valence-electron chi connectivity index (χ4n) is 1.82. The first-order valence-corrected chi connectivity index (χ1v) is 5.04. The van der Waals surface area contributed by atoms with E-state index in [2.05, 4.69) is 4.74 Å². The van der Waals surface area contributed by atoms with Crippen molar-refractivity contribution in [2.24, 2.45) is 5.92 Å². The summed E-state index contributed by atoms with van der Waals surface area (Å²) in [4.78, 5) is 21.9. The normalized spacial score (nSPS) is 21.2. The first kappa shape index (κ1) is 13.2. The summed E-state index contributed by atoms with van der Waals surface area (Å²) in [5.74, 6) is -1.28. The molecule has 1 N–H and O–H groups in total. The summed E-state index contributed by atoms with van der Waals surface area (Å²) in [6, 6.07) is 6.91. The molecule has 0 unspecified atom stereocenters. The van der Waals surface area contributed by atoms with Gasteiger partial charge in [0.2, 0.25) is 0 Å². The van der Waals surface area contributed by atoms with Crippen molar-refractivity contribution < 1.29 is 19.4 Å². The maximum atomic E-state index is 11.2. The van der Waals surface area contributed by atoms with Gasteiger partial charge in [-0.25, -0.2) is 4.79 Å². The molecule has 0 radical (unpaired) electrons. The van der Waals surface area contributed by atoms with Crippen LogP contribution in [0, 0.1) is 5.92 Å². The smallest absolute Gasteiger partial charge is 0.337 e. The number of ether oxygens (including phenoxy) is 1. The highest BCUT2D eigenvalue weighted by Crippen LogP contribution is 2.47. The molecular formula is C13H16O4. The third kappa shape index (κ3) is 2.64. The van der Waals surface area contributed by atoms with Gasteiger partial charge in [0.25, 0.3) is 0 Å². The summed E-state index contributed by atoms with van der Waals surface area (Å²) in [5.41, 5.74) is 1.46. The van der Waals surface area contributed by atoms with Crippen LogP contribution in [0.4, 0.5) is 0 Å². The number of rotatable bonds is 3. The molecule has 1 aromatic carbocycles. The number of methoxy groups -OCH3 is 1. The van der Waals surface area contributed by atoms with Gasteiger partial charge < -0.3 is 9.84 Å². The Morgan fingerprint density at radius 2 is 1.88 bits per heavy atom. The minimum atomic E-state index is -0.748. The predicted octanol–water partition coefficient (Wildman–Crippen LogP) is 2.30. The van der Waals surface area contributed by atoms with Crippen LogP contribution in [0.5, 0.6) is 0 Å². The molecule has 2 atom stereocenters. The molecule has 4 nitrogen and oxygen atoms in total. The number of carboxylic acid groups (broad SMARTS) is 1. The molecule has 1 aromatic rings. The summed E-state index contributed by atoms with van der Waals surface area (Å²) in [7, 11) is 1.33. The second kappa shape index (κ2) is 4.99. The molecule has 0 heterocycles. The van der Waals surface area contributed by atoms with Gasteiger partial charge in [0.15, 0.2) is 0 Å². The second-order valence-electron chi connectivity index (χ2n) is 3.90. The molecule has 0 saturated heterocycles. The van der Waals surface area contributed by atoms with Crippen molar-refractivity contribution in [3.8, 4) is 0 Å². The van der Waals surface area contributed by atoms with E-state index < -0.39 is 5.97 Å². The summed E-state index contributed by atoms with van der Waals surface area (Å²) < 4.78 is 4.58. The minimum Gasteiger partial charge on any atom is -0.481 e. The average molecular weight is 236 g/mol. The van der Waals surface area contributed by atoms with Gasteiger partial charge in [0, 0.05) is 0 Å². The molecule has 0 aliphatic heterocycles. The number of hydrogen-bond acceptors (Lipinski definition) is 3. The second-order valence-corrected chi connectivity index (χ2v) is 3.90. The van der Waals surface area contributed by atoms with E-state index in [1.807, 2.05) is 0 Å². The minimum absolute atomic E-state index is 0. The van der Waals surface area contributed by atoms with E-state index in [9.17, 15) is 9.59 Å². The topological polar surface area (TPSA) is 63.6 Å². The van der Waals surface area contributed by atoms with Gasteiger partial charge in [0.1, 0.15) is 0 Å². The zero-order valence-corrected chi connectivity index (χ0v) is 8.84. The standard InChI is InChI=1S/C12H12O4.CH4/c1-16-12(15)8-4-2-7(3-5-8)9-6-10(9)11(13)14;/h2-5,9-10H,6H2,1H3,(H,13,14);1H4/t9-,10+;/m0./s1. The Kier molecular flexibility index (Phi) is 3.89. The number of carbonyl (C=O) groups is 2. The highest BCUT2D eigenvalue weighted by atomic mass is 16.5. The molecule has 17 heavy (non-hydrogen) atoms. The van der Waals surface area contributed by atoms with Gasteiger partial charge in [-0.2, -0.15) is 0 Å². The van der Waals surface area contributed by atoms with E-state index in [1.165, 1.54) is 7.11 Å². The zero-order chi connectivity index (χ0) is 11.7. The Hall–Kier alpha value is -1.84. The fraction of sp³-hybridized carbons (Fsp3) is 0.385. The SMILES string of the molecule is C.COC(=O)c1ccc([C@@H]2C[C@H]2C(=O)O)cc1. The number of aliphatic carboxylic acids is 1. The molecule has 92 valence electrons. The largest absolute Gasteiger partial charge is 0.481 e. The summed E-state index contributed by atoms with van der Waals surface area (Å²) >= 11 is 0. The van der Waals surface area contributed by atoms with Crippen LogP contribution in [-0.4, -0.2) is 24.2 Å². The van der Waals surface area contributed by atoms with Gasteiger partial charge in [0.05, 0.1) is 18.6 Å². The van der Waals surface area contributed by atoms with Crippen molar-refractivity contribution in [1.29, 1.82) is 0 Å². The van der Waals surface area contributed by atoms with Gasteiger partial charge >= 0.3 is 11.9 Å². The Labute approximate surface area is 100 Å². The summed E-state index contributed by atoms with van der Waals surface area (Å²) in [6.45, 7) is 0. The fourth-order valence-corrected chi connectivity index (χ4v) is 1.82. The third-order valence-electron chi connectivity index (χ3n) is 2.87. The molecule has 0 spiro atoms. The highest BCUT2D eigenvalue weighted by Gasteiger charge is 2.44. The molecule has 0 aromatic heterocycles. The molecule has 4 heteroatoms. The van der Waals surface area contributed by atoms with Crippen molar-refractivity contribution in [1.82, 2.24) is 0 Å². The Morgan fingerprint density at radius 1 is 1.29 bits per heavy atom. The summed E-state index contributed by atoms with van der Waals surface area (Å²) in [6.07, 6.45) is 0.687. The molecule has 0 bridgehead atoms. The van der Waals surface area contributed by atoms with E-state index in [-0.39, 0.29) is 25.2 Å². The molecule has 1 fully saturated rings. The predicted molar refractivity (Wildman–Crippen MR) is 63.0 cm³/mol. The lowest BCUT2D eigenvalue weighted by Crippen LogP contribution is -2.01. The van der Waals surface area contributed by atoms with Crippen LogP contribution in [0.3, 0.4) is 0 Å². The lowest BCUT2D eigenvalue weighted by Gasteiger charge is -2.01. The summed E-state index contributed by atoms with van der Waals surface area (Å²) in [5, 5.41) is 8.79. The first-order chi connectivity index (χ1) is 7.63. The Morgan fingerprint density at radius 3 is 2.29 bits per heavy atom. The van der Waals surface area contributed by atoms with Crippen LogP contribution in [0.1, 0.15) is 35.7 Å². The molecule has 1 aliphatic rings. The monoisotopic (exact) mass is 236 g/mol. The van der Waals surface area contributed by atoms with Crippen molar-refractivity contribution >= 4 is 11.9 Å². The molecule has 1 aliphatic carbocycles. The molecule has 2 rings (SSSR count). The number of hydrogen-bond donors (Lipinski definition) is 1. The highest BCUT2D eigenvalue weighted by molar-refractivity contribution is 5.89. The van der Waals surface area contributed by atoms with Crippen molar-refractivity contribution in [2.75, 3.05) is 7.11 Å². The molecular weight excluding hydrogens is 220 g/mol. The van der Waals surface area contributed by atoms with Gasteiger partial charge in [-0.15, -0.1) is 0 Å². The van der Waals surface area contributed by atoms with E-state index in [0.717, 1.165) is 5.56 Å². The lowest BCUT2D eigenvalue weighted by atomic mass is 10.1. The van der Waals surface area contributed by atoms with Crippen LogP contribution >= 0.6 is 0 Å². The third-order valence-corrected chi connectivity index (χ3v) is 2.87. The molecule has 0 amide bonds. The number of benzene rings is 1. The van der Waals surface area contributed by atoms with Crippen molar-refractivity contribution in [2.45, 2.75) is 19.8 Å². The Bertz CT molecular complexity index is 422. The van der Waals surface area contributed by atoms with Gasteiger partial charge in [-0.05, 0) is 30.0 Å². The lowest BCUT2D eigenvalue weighted by molar-refractivity contribution is -0.138. The quantitative estimate of drug-likeness (QED) is 0.818. The van der Waals surface area contributed by atoms with E-state index in [0.29, 0.717) is 12.0 Å². The van der Waals surface area contributed by atoms with E-state index >= 15 is 0 Å². The number of carboxylic acids is 1. The van der Waals surface area contributed by atoms with Crippen molar-refractivity contribution in [3.63, 3.8) is 0 Å². The van der Waals surface area contributed by atoms with Crippen LogP contribution in [0.2, 0.25) is 0 Å².